The van der Waals surface area contributed by atoms with Crippen molar-refractivity contribution in [2.24, 2.45) is 10.2 Å². The maximum Gasteiger partial charge on any atom is 0.236 e. The van der Waals surface area contributed by atoms with Crippen LogP contribution in [0.1, 0.15) is 5.56 Å². The predicted octanol–water partition coefficient (Wildman–Crippen LogP) is 3.02. The van der Waals surface area contributed by atoms with Crippen LogP contribution in [-0.4, -0.2) is 37.2 Å². The Morgan fingerprint density at radius 1 is 1.12 bits per heavy atom. The number of methoxy groups -OCH3 is 1. The highest BCUT2D eigenvalue weighted by atomic mass is 32.2. The van der Waals surface area contributed by atoms with Crippen molar-refractivity contribution in [2.75, 3.05) is 24.8 Å². The molecule has 0 radical (unpaired) electrons. The molecule has 7 heteroatoms. The standard InChI is InChI=1S/C18H18N4O2S/c1-22(15-7-9-16(24-2)10-8-15)14-5-3-13(4-6-14)11-19-21-18-20-17(23)12-25-18/h3-11H,12H2,1-2H3,(H,20,21,23). The summed E-state index contributed by atoms with van der Waals surface area (Å²) in [5.74, 6) is 1.20. The van der Waals surface area contributed by atoms with Crippen LogP contribution in [0.5, 0.6) is 5.75 Å². The number of carbonyl (C=O) groups excluding carboxylic acids is 1. The van der Waals surface area contributed by atoms with Crippen molar-refractivity contribution in [3.63, 3.8) is 0 Å². The number of benzene rings is 2. The molecule has 2 aromatic rings. The third kappa shape index (κ3) is 4.39. The number of thioether (sulfide) groups is 1. The number of amidine groups is 1. The van der Waals surface area contributed by atoms with Gasteiger partial charge in [0.1, 0.15) is 5.75 Å². The molecule has 0 saturated carbocycles. The number of ether oxygens (including phenoxy) is 1. The number of nitrogens with one attached hydrogen (secondary N) is 1. The highest BCUT2D eigenvalue weighted by Crippen LogP contribution is 2.25. The van der Waals surface area contributed by atoms with Gasteiger partial charge >= 0.3 is 0 Å². The summed E-state index contributed by atoms with van der Waals surface area (Å²) in [5.41, 5.74) is 3.07. The first-order chi connectivity index (χ1) is 12.2. The molecular formula is C18H18N4O2S. The molecule has 3 rings (SSSR count). The number of nitrogens with zero attached hydrogens (tertiary/aromatic N) is 3. The summed E-state index contributed by atoms with van der Waals surface area (Å²) in [7, 11) is 3.67. The largest absolute Gasteiger partial charge is 0.497 e. The van der Waals surface area contributed by atoms with Crippen LogP contribution in [0.25, 0.3) is 0 Å². The highest BCUT2D eigenvalue weighted by Gasteiger charge is 2.15. The van der Waals surface area contributed by atoms with E-state index in [1.54, 1.807) is 13.3 Å². The molecule has 1 aliphatic heterocycles. The summed E-state index contributed by atoms with van der Waals surface area (Å²) in [6.45, 7) is 0. The fourth-order valence-corrected chi connectivity index (χ4v) is 2.90. The van der Waals surface area contributed by atoms with Crippen LogP contribution < -0.4 is 15.0 Å². The zero-order chi connectivity index (χ0) is 17.6. The molecule has 1 saturated heterocycles. The maximum absolute atomic E-state index is 11.1. The lowest BCUT2D eigenvalue weighted by Gasteiger charge is -2.19. The molecule has 2 aromatic carbocycles. The van der Waals surface area contributed by atoms with Gasteiger partial charge in [0.2, 0.25) is 5.91 Å². The van der Waals surface area contributed by atoms with E-state index in [1.165, 1.54) is 11.8 Å². The van der Waals surface area contributed by atoms with Gasteiger partial charge in [-0.15, -0.1) is 5.10 Å². The van der Waals surface area contributed by atoms with Gasteiger partial charge in [-0.05, 0) is 42.0 Å². The van der Waals surface area contributed by atoms with E-state index in [0.717, 1.165) is 22.7 Å². The minimum absolute atomic E-state index is 0.0372. The summed E-state index contributed by atoms with van der Waals surface area (Å²) in [4.78, 5) is 13.2. The number of amides is 1. The van der Waals surface area contributed by atoms with E-state index in [1.807, 2.05) is 55.6 Å². The molecule has 128 valence electrons. The Hall–Kier alpha value is -2.80. The summed E-state index contributed by atoms with van der Waals surface area (Å²) < 4.78 is 5.18. The molecule has 25 heavy (non-hydrogen) atoms. The molecule has 1 amide bonds. The van der Waals surface area contributed by atoms with Crippen LogP contribution in [0.2, 0.25) is 0 Å². The quantitative estimate of drug-likeness (QED) is 0.662. The second-order valence-electron chi connectivity index (χ2n) is 5.34. The Morgan fingerprint density at radius 3 is 2.32 bits per heavy atom. The zero-order valence-electron chi connectivity index (χ0n) is 14.0. The lowest BCUT2D eigenvalue weighted by atomic mass is 10.2. The third-order valence-electron chi connectivity index (χ3n) is 3.68. The molecular weight excluding hydrogens is 336 g/mol. The Labute approximate surface area is 150 Å². The van der Waals surface area contributed by atoms with Crippen LogP contribution in [0.15, 0.2) is 58.7 Å². The minimum atomic E-state index is -0.0372. The van der Waals surface area contributed by atoms with Crippen LogP contribution >= 0.6 is 11.8 Å². The van der Waals surface area contributed by atoms with Gasteiger partial charge in [0.05, 0.1) is 19.1 Å². The van der Waals surface area contributed by atoms with Gasteiger partial charge in [-0.25, -0.2) is 0 Å². The molecule has 0 bridgehead atoms. The minimum Gasteiger partial charge on any atom is -0.497 e. The van der Waals surface area contributed by atoms with Crippen molar-refractivity contribution < 1.29 is 9.53 Å². The van der Waals surface area contributed by atoms with E-state index >= 15 is 0 Å². The molecule has 1 N–H and O–H groups in total. The highest BCUT2D eigenvalue weighted by molar-refractivity contribution is 8.15. The van der Waals surface area contributed by atoms with Crippen LogP contribution in [0, 0.1) is 0 Å². The van der Waals surface area contributed by atoms with Gasteiger partial charge in [0.15, 0.2) is 5.17 Å². The summed E-state index contributed by atoms with van der Waals surface area (Å²) in [6.07, 6.45) is 1.66. The number of carbonyl (C=O) groups is 1. The lowest BCUT2D eigenvalue weighted by molar-refractivity contribution is -0.116. The fourth-order valence-electron chi connectivity index (χ4n) is 2.27. The zero-order valence-corrected chi connectivity index (χ0v) is 14.8. The predicted molar refractivity (Wildman–Crippen MR) is 103 cm³/mol. The molecule has 0 unspecified atom stereocenters. The molecule has 1 aliphatic rings. The van der Waals surface area contributed by atoms with Crippen molar-refractivity contribution in [1.29, 1.82) is 0 Å². The number of anilines is 2. The van der Waals surface area contributed by atoms with Gasteiger partial charge in [-0.2, -0.15) is 5.10 Å². The first-order valence-corrected chi connectivity index (χ1v) is 8.66. The van der Waals surface area contributed by atoms with E-state index < -0.39 is 0 Å². The average Bonchev–Trinajstić information content (AvgIpc) is 3.07. The Kier molecular flexibility index (Phi) is 5.35. The van der Waals surface area contributed by atoms with Crippen molar-refractivity contribution in [2.45, 2.75) is 0 Å². The molecule has 0 aromatic heterocycles. The van der Waals surface area contributed by atoms with Crippen LogP contribution in [0.4, 0.5) is 11.4 Å². The van der Waals surface area contributed by atoms with Crippen molar-refractivity contribution >= 4 is 40.4 Å². The SMILES string of the molecule is COc1ccc(N(C)c2ccc(C=NN=C3NC(=O)CS3)cc2)cc1. The normalized spacial score (nSPS) is 15.6. The van der Waals surface area contributed by atoms with Gasteiger partial charge in [-0.3, -0.25) is 4.79 Å². The van der Waals surface area contributed by atoms with Crippen LogP contribution in [-0.2, 0) is 4.79 Å². The van der Waals surface area contributed by atoms with Gasteiger partial charge in [0.25, 0.3) is 0 Å². The number of hydrogen-bond donors (Lipinski definition) is 1. The Bertz CT molecular complexity index is 801. The van der Waals surface area contributed by atoms with E-state index in [-0.39, 0.29) is 5.91 Å². The van der Waals surface area contributed by atoms with Gasteiger partial charge in [0, 0.05) is 18.4 Å². The molecule has 1 heterocycles. The van der Waals surface area contributed by atoms with Gasteiger partial charge in [-0.1, -0.05) is 23.9 Å². The molecule has 6 nitrogen and oxygen atoms in total. The van der Waals surface area contributed by atoms with E-state index in [0.29, 0.717) is 10.9 Å². The first-order valence-electron chi connectivity index (χ1n) is 7.67. The van der Waals surface area contributed by atoms with Crippen molar-refractivity contribution in [3.05, 3.63) is 54.1 Å². The molecule has 0 atom stereocenters. The smallest absolute Gasteiger partial charge is 0.236 e. The number of hydrogen-bond acceptors (Lipinski definition) is 6. The molecule has 0 aliphatic carbocycles. The van der Waals surface area contributed by atoms with E-state index in [4.69, 9.17) is 4.74 Å². The average molecular weight is 354 g/mol. The lowest BCUT2D eigenvalue weighted by Crippen LogP contribution is -2.19. The first kappa shape index (κ1) is 17.0. The summed E-state index contributed by atoms with van der Waals surface area (Å²) in [5, 5.41) is 11.2. The Morgan fingerprint density at radius 2 is 1.76 bits per heavy atom. The van der Waals surface area contributed by atoms with E-state index in [9.17, 15) is 4.79 Å². The van der Waals surface area contributed by atoms with E-state index in [2.05, 4.69) is 20.4 Å². The molecule has 1 fully saturated rings. The topological polar surface area (TPSA) is 66.3 Å². The van der Waals surface area contributed by atoms with Crippen molar-refractivity contribution in [3.8, 4) is 5.75 Å². The Balaban J connectivity index is 1.65. The monoisotopic (exact) mass is 354 g/mol. The van der Waals surface area contributed by atoms with Gasteiger partial charge < -0.3 is 15.0 Å². The second kappa shape index (κ2) is 7.85. The van der Waals surface area contributed by atoms with Crippen LogP contribution in [0.3, 0.4) is 0 Å². The second-order valence-corrected chi connectivity index (χ2v) is 6.30. The fraction of sp³-hybridized carbons (Fsp3) is 0.167. The molecule has 0 spiro atoms. The van der Waals surface area contributed by atoms with Crippen molar-refractivity contribution in [1.82, 2.24) is 5.32 Å². The number of rotatable bonds is 5. The summed E-state index contributed by atoms with van der Waals surface area (Å²) >= 11 is 1.35. The maximum atomic E-state index is 11.1. The third-order valence-corrected chi connectivity index (χ3v) is 4.55. The summed E-state index contributed by atoms with van der Waals surface area (Å²) in [6, 6.07) is 15.9.